The predicted octanol–water partition coefficient (Wildman–Crippen LogP) is 5.45. The van der Waals surface area contributed by atoms with E-state index in [0.29, 0.717) is 11.3 Å². The standard InChI is InChI=1S/C26H25BrF2N2O3/c1-17-12-23(34-16-20-8-9-21(28)14-22(20)29)24(27)26(33)31(17)15-18-6-5-7-19(13-18)25(32)30-10-3-2-4-11-30/h5-9,12-14H,2-4,10-11,15-16H2,1H3. The van der Waals surface area contributed by atoms with Crippen LogP contribution in [0.15, 0.2) is 57.8 Å². The van der Waals surface area contributed by atoms with E-state index in [1.54, 1.807) is 23.6 Å². The Morgan fingerprint density at radius 1 is 1.06 bits per heavy atom. The summed E-state index contributed by atoms with van der Waals surface area (Å²) in [6, 6.07) is 12.3. The average Bonchev–Trinajstić information content (AvgIpc) is 2.84. The second-order valence-corrected chi connectivity index (χ2v) is 9.23. The van der Waals surface area contributed by atoms with Crippen LogP contribution in [-0.4, -0.2) is 28.5 Å². The molecule has 2 aromatic carbocycles. The third-order valence-corrected chi connectivity index (χ3v) is 6.70. The number of carbonyl (C=O) groups excluding carboxylic acids is 1. The minimum Gasteiger partial charge on any atom is -0.487 e. The summed E-state index contributed by atoms with van der Waals surface area (Å²) in [5, 5.41) is 0. The Hall–Kier alpha value is -3.00. The molecule has 178 valence electrons. The van der Waals surface area contributed by atoms with Gasteiger partial charge in [-0.05, 0) is 71.9 Å². The molecule has 1 saturated heterocycles. The molecular weight excluding hydrogens is 506 g/mol. The van der Waals surface area contributed by atoms with Gasteiger partial charge in [0.2, 0.25) is 0 Å². The number of hydrogen-bond donors (Lipinski definition) is 0. The summed E-state index contributed by atoms with van der Waals surface area (Å²) >= 11 is 3.30. The number of piperidine rings is 1. The fraction of sp³-hybridized carbons (Fsp3) is 0.308. The molecule has 4 rings (SSSR count). The summed E-state index contributed by atoms with van der Waals surface area (Å²) in [4.78, 5) is 27.8. The van der Waals surface area contributed by atoms with Crippen molar-refractivity contribution in [2.75, 3.05) is 13.1 Å². The van der Waals surface area contributed by atoms with Gasteiger partial charge in [-0.1, -0.05) is 12.1 Å². The highest BCUT2D eigenvalue weighted by Crippen LogP contribution is 2.25. The number of aryl methyl sites for hydroxylation is 1. The number of likely N-dealkylation sites (tertiary alicyclic amines) is 1. The fourth-order valence-electron chi connectivity index (χ4n) is 4.08. The number of ether oxygens (including phenoxy) is 1. The van der Waals surface area contributed by atoms with Gasteiger partial charge in [-0.3, -0.25) is 9.59 Å². The summed E-state index contributed by atoms with van der Waals surface area (Å²) in [6.07, 6.45) is 3.20. The van der Waals surface area contributed by atoms with E-state index in [1.807, 2.05) is 23.1 Å². The third kappa shape index (κ3) is 5.38. The Morgan fingerprint density at radius 2 is 1.82 bits per heavy atom. The van der Waals surface area contributed by atoms with Gasteiger partial charge in [-0.25, -0.2) is 8.78 Å². The number of benzene rings is 2. The normalized spacial score (nSPS) is 13.7. The molecule has 0 atom stereocenters. The highest BCUT2D eigenvalue weighted by atomic mass is 79.9. The van der Waals surface area contributed by atoms with Crippen LogP contribution in [0.3, 0.4) is 0 Å². The molecule has 1 fully saturated rings. The second kappa shape index (κ2) is 10.5. The number of rotatable bonds is 6. The number of pyridine rings is 1. The summed E-state index contributed by atoms with van der Waals surface area (Å²) in [6.45, 7) is 3.48. The molecule has 34 heavy (non-hydrogen) atoms. The molecule has 0 radical (unpaired) electrons. The van der Waals surface area contributed by atoms with Gasteiger partial charge >= 0.3 is 0 Å². The van der Waals surface area contributed by atoms with E-state index < -0.39 is 11.6 Å². The molecule has 0 unspecified atom stereocenters. The molecule has 0 bridgehead atoms. The lowest BCUT2D eigenvalue weighted by atomic mass is 10.1. The highest BCUT2D eigenvalue weighted by Gasteiger charge is 2.19. The van der Waals surface area contributed by atoms with E-state index >= 15 is 0 Å². The lowest BCUT2D eigenvalue weighted by molar-refractivity contribution is 0.0724. The van der Waals surface area contributed by atoms with E-state index in [1.165, 1.54) is 6.07 Å². The molecular formula is C26H25BrF2N2O3. The first-order valence-electron chi connectivity index (χ1n) is 11.2. The number of carbonyl (C=O) groups is 1. The number of amides is 1. The molecule has 3 aromatic rings. The van der Waals surface area contributed by atoms with E-state index in [9.17, 15) is 18.4 Å². The molecule has 1 aromatic heterocycles. The smallest absolute Gasteiger partial charge is 0.269 e. The van der Waals surface area contributed by atoms with Gasteiger partial charge < -0.3 is 14.2 Å². The maximum absolute atomic E-state index is 13.9. The van der Waals surface area contributed by atoms with E-state index in [-0.39, 0.29) is 40.4 Å². The van der Waals surface area contributed by atoms with Crippen molar-refractivity contribution in [3.8, 4) is 5.75 Å². The molecule has 1 amide bonds. The van der Waals surface area contributed by atoms with Crippen LogP contribution < -0.4 is 10.3 Å². The van der Waals surface area contributed by atoms with Crippen LogP contribution in [-0.2, 0) is 13.2 Å². The number of hydrogen-bond acceptors (Lipinski definition) is 3. The Labute approximate surface area is 205 Å². The summed E-state index contributed by atoms with van der Waals surface area (Å²) < 4.78 is 34.5. The van der Waals surface area contributed by atoms with Crippen molar-refractivity contribution in [1.82, 2.24) is 9.47 Å². The van der Waals surface area contributed by atoms with E-state index in [2.05, 4.69) is 15.9 Å². The van der Waals surface area contributed by atoms with Crippen LogP contribution >= 0.6 is 15.9 Å². The van der Waals surface area contributed by atoms with Crippen molar-refractivity contribution in [2.24, 2.45) is 0 Å². The van der Waals surface area contributed by atoms with Gasteiger partial charge in [0.1, 0.15) is 28.5 Å². The lowest BCUT2D eigenvalue weighted by Crippen LogP contribution is -2.35. The zero-order valence-electron chi connectivity index (χ0n) is 18.8. The van der Waals surface area contributed by atoms with Crippen LogP contribution in [0.5, 0.6) is 5.75 Å². The Balaban J connectivity index is 1.52. The summed E-state index contributed by atoms with van der Waals surface area (Å²) in [5.74, 6) is -1.08. The fourth-order valence-corrected chi connectivity index (χ4v) is 4.52. The average molecular weight is 531 g/mol. The van der Waals surface area contributed by atoms with Gasteiger partial charge in [-0.15, -0.1) is 0 Å². The van der Waals surface area contributed by atoms with Gasteiger partial charge in [0.25, 0.3) is 11.5 Å². The number of aromatic nitrogens is 1. The molecule has 5 nitrogen and oxygen atoms in total. The van der Waals surface area contributed by atoms with E-state index in [4.69, 9.17) is 4.74 Å². The predicted molar refractivity (Wildman–Crippen MR) is 129 cm³/mol. The first kappa shape index (κ1) is 24.1. The van der Waals surface area contributed by atoms with Crippen molar-refractivity contribution >= 4 is 21.8 Å². The van der Waals surface area contributed by atoms with Crippen LogP contribution in [0, 0.1) is 18.6 Å². The number of halogens is 3. The molecule has 1 aliphatic rings. The van der Waals surface area contributed by atoms with Gasteiger partial charge in [0, 0.05) is 42.0 Å². The molecule has 2 heterocycles. The topological polar surface area (TPSA) is 51.5 Å². The molecule has 8 heteroatoms. The van der Waals surface area contributed by atoms with Gasteiger partial charge in [0.05, 0.1) is 6.54 Å². The van der Waals surface area contributed by atoms with Crippen molar-refractivity contribution < 1.29 is 18.3 Å². The molecule has 0 saturated carbocycles. The molecule has 1 aliphatic heterocycles. The lowest BCUT2D eigenvalue weighted by Gasteiger charge is -2.26. The second-order valence-electron chi connectivity index (χ2n) is 8.43. The molecule has 0 spiro atoms. The van der Waals surface area contributed by atoms with Crippen molar-refractivity contribution in [1.29, 1.82) is 0 Å². The van der Waals surface area contributed by atoms with Crippen molar-refractivity contribution in [3.63, 3.8) is 0 Å². The summed E-state index contributed by atoms with van der Waals surface area (Å²) in [5.41, 5.74) is 1.98. The SMILES string of the molecule is Cc1cc(OCc2ccc(F)cc2F)c(Br)c(=O)n1Cc1cccc(C(=O)N2CCCCC2)c1. The Morgan fingerprint density at radius 3 is 2.56 bits per heavy atom. The van der Waals surface area contributed by atoms with Crippen LogP contribution in [0.1, 0.15) is 46.4 Å². The quantitative estimate of drug-likeness (QED) is 0.425. The van der Waals surface area contributed by atoms with Crippen LogP contribution in [0.2, 0.25) is 0 Å². The first-order valence-corrected chi connectivity index (χ1v) is 12.0. The minimum absolute atomic E-state index is 0.0172. The first-order chi connectivity index (χ1) is 16.3. The Kier molecular flexibility index (Phi) is 7.46. The molecule has 0 N–H and O–H groups in total. The molecule has 0 aliphatic carbocycles. The zero-order valence-corrected chi connectivity index (χ0v) is 20.4. The van der Waals surface area contributed by atoms with Crippen molar-refractivity contribution in [2.45, 2.75) is 39.3 Å². The van der Waals surface area contributed by atoms with E-state index in [0.717, 1.165) is 50.0 Å². The number of nitrogens with zero attached hydrogens (tertiary/aromatic N) is 2. The third-order valence-electron chi connectivity index (χ3n) is 5.97. The largest absolute Gasteiger partial charge is 0.487 e. The van der Waals surface area contributed by atoms with Gasteiger partial charge in [-0.2, -0.15) is 0 Å². The van der Waals surface area contributed by atoms with Crippen molar-refractivity contribution in [3.05, 3.63) is 97.4 Å². The Bertz CT molecular complexity index is 1270. The monoisotopic (exact) mass is 530 g/mol. The van der Waals surface area contributed by atoms with Gasteiger partial charge in [0.15, 0.2) is 0 Å². The maximum Gasteiger partial charge on any atom is 0.269 e. The minimum atomic E-state index is -0.708. The maximum atomic E-state index is 13.9. The van der Waals surface area contributed by atoms with Crippen LogP contribution in [0.25, 0.3) is 0 Å². The zero-order chi connectivity index (χ0) is 24.2. The highest BCUT2D eigenvalue weighted by molar-refractivity contribution is 9.10. The summed E-state index contributed by atoms with van der Waals surface area (Å²) in [7, 11) is 0. The van der Waals surface area contributed by atoms with Crippen LogP contribution in [0.4, 0.5) is 8.78 Å².